The van der Waals surface area contributed by atoms with Gasteiger partial charge in [0, 0.05) is 16.7 Å². The summed E-state index contributed by atoms with van der Waals surface area (Å²) in [6.45, 7) is 1.58. The van der Waals surface area contributed by atoms with Crippen LogP contribution in [-0.2, 0) is 20.8 Å². The molecule has 0 aliphatic carbocycles. The first-order valence-corrected chi connectivity index (χ1v) is 12.3. The van der Waals surface area contributed by atoms with Gasteiger partial charge >= 0.3 is 0 Å². The van der Waals surface area contributed by atoms with Gasteiger partial charge in [-0.15, -0.1) is 11.3 Å². The molecule has 2 aromatic carbocycles. The Labute approximate surface area is 175 Å². The molecule has 9 heteroatoms. The van der Waals surface area contributed by atoms with Crippen LogP contribution in [0.15, 0.2) is 69.8 Å². The van der Waals surface area contributed by atoms with Crippen LogP contribution in [0.25, 0.3) is 0 Å². The monoisotopic (exact) mass is 453 g/mol. The van der Waals surface area contributed by atoms with Crippen LogP contribution in [0.2, 0.25) is 5.02 Å². The minimum Gasteiger partial charge on any atom is -0.267 e. The van der Waals surface area contributed by atoms with E-state index in [1.807, 2.05) is 0 Å². The molecule has 0 radical (unpaired) electrons. The van der Waals surface area contributed by atoms with E-state index in [4.69, 9.17) is 11.6 Å². The van der Waals surface area contributed by atoms with Crippen molar-refractivity contribution in [1.82, 2.24) is 0 Å². The first-order valence-electron chi connectivity index (χ1n) is 8.05. The first kappa shape index (κ1) is 20.7. The van der Waals surface area contributed by atoms with Gasteiger partial charge in [0.05, 0.1) is 20.4 Å². The molecule has 3 rings (SSSR count). The zero-order valence-corrected chi connectivity index (χ0v) is 18.2. The summed E-state index contributed by atoms with van der Waals surface area (Å²) in [5.41, 5.74) is 0.805. The Balaban J connectivity index is 2.04. The summed E-state index contributed by atoms with van der Waals surface area (Å²) in [5.74, 6) is -0.507. The topological polar surface area (TPSA) is 71.5 Å². The molecule has 0 aliphatic heterocycles. The predicted octanol–water partition coefficient (Wildman–Crippen LogP) is 4.48. The molecule has 1 aromatic heterocycles. The van der Waals surface area contributed by atoms with E-state index in [0.29, 0.717) is 16.3 Å². The third-order valence-electron chi connectivity index (χ3n) is 4.03. The quantitative estimate of drug-likeness (QED) is 0.570. The SMILES string of the molecule is Cc1c(S(=O)(=O)c2ccc(Cl)cc2)csc1C(=O)N(c1ccccc1)S(C)=O. The van der Waals surface area contributed by atoms with Gasteiger partial charge < -0.3 is 0 Å². The lowest BCUT2D eigenvalue weighted by Crippen LogP contribution is -2.32. The number of carbonyl (C=O) groups is 1. The number of hydrogen-bond donors (Lipinski definition) is 0. The van der Waals surface area contributed by atoms with Crippen LogP contribution in [0.5, 0.6) is 0 Å². The number of thiophene rings is 1. The van der Waals surface area contributed by atoms with Gasteiger partial charge in [-0.05, 0) is 48.9 Å². The third kappa shape index (κ3) is 3.91. The van der Waals surface area contributed by atoms with Crippen molar-refractivity contribution in [2.24, 2.45) is 0 Å². The average molecular weight is 454 g/mol. The van der Waals surface area contributed by atoms with E-state index >= 15 is 0 Å². The summed E-state index contributed by atoms with van der Waals surface area (Å²) in [6, 6.07) is 14.5. The van der Waals surface area contributed by atoms with E-state index in [1.165, 1.54) is 35.9 Å². The molecule has 0 fully saturated rings. The Morgan fingerprint density at radius 2 is 1.68 bits per heavy atom. The molecule has 3 aromatic rings. The van der Waals surface area contributed by atoms with Crippen LogP contribution in [0.4, 0.5) is 5.69 Å². The van der Waals surface area contributed by atoms with Gasteiger partial charge in [0.15, 0.2) is 0 Å². The van der Waals surface area contributed by atoms with Crippen molar-refractivity contribution >= 4 is 55.4 Å². The zero-order chi connectivity index (χ0) is 20.5. The highest BCUT2D eigenvalue weighted by Gasteiger charge is 2.29. The van der Waals surface area contributed by atoms with Crippen molar-refractivity contribution < 1.29 is 17.4 Å². The Morgan fingerprint density at radius 1 is 1.07 bits per heavy atom. The third-order valence-corrected chi connectivity index (χ3v) is 8.29. The van der Waals surface area contributed by atoms with E-state index < -0.39 is 26.7 Å². The number of rotatable bonds is 5. The van der Waals surface area contributed by atoms with E-state index in [2.05, 4.69) is 0 Å². The number of halogens is 1. The van der Waals surface area contributed by atoms with Crippen LogP contribution in [0.1, 0.15) is 15.2 Å². The number of para-hydroxylation sites is 1. The molecular formula is C19H16ClNO4S3. The summed E-state index contributed by atoms with van der Waals surface area (Å²) in [6.07, 6.45) is 1.40. The minimum atomic E-state index is -3.80. The highest BCUT2D eigenvalue weighted by Crippen LogP contribution is 2.33. The molecule has 0 bridgehead atoms. The lowest BCUT2D eigenvalue weighted by atomic mass is 10.2. The number of nitrogens with zero attached hydrogens (tertiary/aromatic N) is 1. The van der Waals surface area contributed by atoms with Gasteiger partial charge in [-0.25, -0.2) is 16.9 Å². The van der Waals surface area contributed by atoms with Gasteiger partial charge in [0.25, 0.3) is 5.91 Å². The lowest BCUT2D eigenvalue weighted by molar-refractivity contribution is 0.101. The number of hydrogen-bond acceptors (Lipinski definition) is 5. The van der Waals surface area contributed by atoms with E-state index in [1.54, 1.807) is 37.3 Å². The van der Waals surface area contributed by atoms with Crippen molar-refractivity contribution in [2.45, 2.75) is 16.7 Å². The molecule has 28 heavy (non-hydrogen) atoms. The second-order valence-electron chi connectivity index (χ2n) is 5.87. The van der Waals surface area contributed by atoms with Crippen LogP contribution in [0.3, 0.4) is 0 Å². The van der Waals surface area contributed by atoms with Crippen molar-refractivity contribution in [2.75, 3.05) is 10.6 Å². The smallest absolute Gasteiger partial charge is 0.267 e. The maximum atomic E-state index is 13.1. The normalized spacial score (nSPS) is 12.5. The van der Waals surface area contributed by atoms with Gasteiger partial charge in [0.1, 0.15) is 11.0 Å². The van der Waals surface area contributed by atoms with Crippen molar-refractivity contribution in [3.05, 3.63) is 75.4 Å². The molecule has 0 saturated heterocycles. The second-order valence-corrected chi connectivity index (χ2v) is 10.3. The number of benzene rings is 2. The largest absolute Gasteiger partial charge is 0.280 e. The van der Waals surface area contributed by atoms with Gasteiger partial charge in [-0.1, -0.05) is 29.8 Å². The van der Waals surface area contributed by atoms with Gasteiger partial charge in [-0.2, -0.15) is 0 Å². The summed E-state index contributed by atoms with van der Waals surface area (Å²) < 4.78 is 39.3. The minimum absolute atomic E-state index is 0.0538. The highest BCUT2D eigenvalue weighted by atomic mass is 35.5. The Kier molecular flexibility index (Phi) is 6.04. The highest BCUT2D eigenvalue weighted by molar-refractivity contribution is 7.91. The fourth-order valence-corrected chi connectivity index (χ4v) is 6.43. The van der Waals surface area contributed by atoms with Crippen LogP contribution >= 0.6 is 22.9 Å². The molecule has 0 aliphatic rings. The number of amides is 1. The molecule has 1 amide bonds. The second kappa shape index (κ2) is 8.16. The summed E-state index contributed by atoms with van der Waals surface area (Å²) in [4.78, 5) is 13.4. The van der Waals surface area contributed by atoms with Crippen molar-refractivity contribution in [3.8, 4) is 0 Å². The summed E-state index contributed by atoms with van der Waals surface area (Å²) in [7, 11) is -5.42. The molecule has 0 saturated carbocycles. The maximum Gasteiger partial charge on any atom is 0.280 e. The first-order chi connectivity index (χ1) is 13.2. The van der Waals surface area contributed by atoms with Gasteiger partial charge in [-0.3, -0.25) is 4.79 Å². The number of carbonyl (C=O) groups excluding carboxylic acids is 1. The standard InChI is InChI=1S/C19H16ClNO4S3/c1-13-17(28(24,25)16-10-8-14(20)9-11-16)12-26-18(13)19(22)21(27(2)23)15-6-4-3-5-7-15/h3-12H,1-2H3. The Bertz CT molecular complexity index is 1140. The number of anilines is 1. The van der Waals surface area contributed by atoms with Crippen molar-refractivity contribution in [3.63, 3.8) is 0 Å². The summed E-state index contributed by atoms with van der Waals surface area (Å²) >= 11 is 6.85. The predicted molar refractivity (Wildman–Crippen MR) is 113 cm³/mol. The Hall–Kier alpha value is -2.00. The molecule has 5 nitrogen and oxygen atoms in total. The van der Waals surface area contributed by atoms with E-state index in [-0.39, 0.29) is 14.7 Å². The molecule has 0 N–H and O–H groups in total. The fraction of sp³-hybridized carbons (Fsp3) is 0.105. The molecular weight excluding hydrogens is 438 g/mol. The van der Waals surface area contributed by atoms with Crippen LogP contribution in [0, 0.1) is 6.92 Å². The molecule has 0 spiro atoms. The van der Waals surface area contributed by atoms with Crippen LogP contribution in [-0.4, -0.2) is 24.8 Å². The van der Waals surface area contributed by atoms with Crippen LogP contribution < -0.4 is 4.31 Å². The summed E-state index contributed by atoms with van der Waals surface area (Å²) in [5, 5.41) is 1.87. The van der Waals surface area contributed by atoms with Crippen molar-refractivity contribution in [1.29, 1.82) is 0 Å². The van der Waals surface area contributed by atoms with Gasteiger partial charge in [0.2, 0.25) is 9.84 Å². The fourth-order valence-electron chi connectivity index (χ4n) is 2.66. The molecule has 1 atom stereocenters. The van der Waals surface area contributed by atoms with E-state index in [0.717, 1.165) is 15.6 Å². The molecule has 146 valence electrons. The average Bonchev–Trinajstić information content (AvgIpc) is 3.05. The molecule has 1 heterocycles. The lowest BCUT2D eigenvalue weighted by Gasteiger charge is -2.19. The molecule has 1 unspecified atom stereocenters. The van der Waals surface area contributed by atoms with E-state index in [9.17, 15) is 17.4 Å². The number of sulfone groups is 1. The zero-order valence-electron chi connectivity index (χ0n) is 15.0. The Morgan fingerprint density at radius 3 is 2.25 bits per heavy atom. The maximum absolute atomic E-state index is 13.1.